The molecule has 1 aliphatic carbocycles. The Morgan fingerprint density at radius 2 is 1.94 bits per heavy atom. The molecule has 0 unspecified atom stereocenters. The van der Waals surface area contributed by atoms with Crippen molar-refractivity contribution in [2.24, 2.45) is 0 Å². The number of hydrogen-bond acceptors (Lipinski definition) is 7. The molecule has 1 fully saturated rings. The largest absolute Gasteiger partial charge is 0.465 e. The van der Waals surface area contributed by atoms with Gasteiger partial charge >= 0.3 is 5.97 Å². The van der Waals surface area contributed by atoms with Crippen molar-refractivity contribution in [1.29, 1.82) is 0 Å². The molecular weight excluding hydrogens is 434 g/mol. The Kier molecular flexibility index (Phi) is 5.67. The maximum absolute atomic E-state index is 13.2. The van der Waals surface area contributed by atoms with Gasteiger partial charge in [-0.2, -0.15) is 4.68 Å². The van der Waals surface area contributed by atoms with E-state index in [0.29, 0.717) is 28.8 Å². The number of nitrogens with zero attached hydrogens (tertiary/aromatic N) is 5. The van der Waals surface area contributed by atoms with E-state index in [0.717, 1.165) is 24.2 Å². The van der Waals surface area contributed by atoms with E-state index in [4.69, 9.17) is 9.15 Å². The summed E-state index contributed by atoms with van der Waals surface area (Å²) in [5, 5.41) is 11.8. The number of furan rings is 1. The quantitative estimate of drug-likeness (QED) is 0.223. The summed E-state index contributed by atoms with van der Waals surface area (Å²) in [4.78, 5) is 26.1. The molecule has 5 rings (SSSR count). The van der Waals surface area contributed by atoms with Crippen LogP contribution in [0.5, 0.6) is 0 Å². The number of esters is 1. The number of carbonyl (C=O) groups excluding carboxylic acids is 2. The number of aryl methyl sites for hydroxylation is 1. The van der Waals surface area contributed by atoms with Crippen molar-refractivity contribution in [3.8, 4) is 11.4 Å². The van der Waals surface area contributed by atoms with Crippen LogP contribution in [0, 0.1) is 13.8 Å². The summed E-state index contributed by atoms with van der Waals surface area (Å²) in [5.74, 6) is -0.230. The summed E-state index contributed by atoms with van der Waals surface area (Å²) in [7, 11) is 0. The molecule has 1 aromatic carbocycles. The van der Waals surface area contributed by atoms with Gasteiger partial charge in [0.1, 0.15) is 5.76 Å². The summed E-state index contributed by atoms with van der Waals surface area (Å²) in [6, 6.07) is 14.9. The van der Waals surface area contributed by atoms with E-state index in [-0.39, 0.29) is 11.5 Å². The lowest BCUT2D eigenvalue weighted by Gasteiger charge is -2.10. The van der Waals surface area contributed by atoms with Crippen LogP contribution in [0.1, 0.15) is 46.4 Å². The van der Waals surface area contributed by atoms with Crippen molar-refractivity contribution >= 4 is 23.5 Å². The highest BCUT2D eigenvalue weighted by molar-refractivity contribution is 6.16. The second kappa shape index (κ2) is 8.93. The van der Waals surface area contributed by atoms with E-state index in [2.05, 4.69) is 20.1 Å². The van der Waals surface area contributed by atoms with Crippen molar-refractivity contribution in [3.63, 3.8) is 0 Å². The molecule has 0 saturated heterocycles. The zero-order valence-corrected chi connectivity index (χ0v) is 18.8. The van der Waals surface area contributed by atoms with Crippen molar-refractivity contribution in [1.82, 2.24) is 24.8 Å². The smallest absolute Gasteiger partial charge is 0.357 e. The third kappa shape index (κ3) is 4.19. The summed E-state index contributed by atoms with van der Waals surface area (Å²) < 4.78 is 14.3. The Hall–Kier alpha value is -4.27. The second-order valence-electron chi connectivity index (χ2n) is 8.21. The molecule has 4 aromatic rings. The Labute approximate surface area is 195 Å². The Bertz CT molecular complexity index is 1360. The Morgan fingerprint density at radius 1 is 1.15 bits per heavy atom. The molecular formula is C25H23N5O4. The second-order valence-corrected chi connectivity index (χ2v) is 8.21. The van der Waals surface area contributed by atoms with Crippen molar-refractivity contribution in [2.45, 2.75) is 32.7 Å². The first kappa shape index (κ1) is 21.6. The zero-order chi connectivity index (χ0) is 23.7. The minimum absolute atomic E-state index is 0.0232. The first-order valence-electron chi connectivity index (χ1n) is 11.0. The number of aromatic nitrogens is 5. The predicted molar refractivity (Wildman–Crippen MR) is 124 cm³/mol. The highest BCUT2D eigenvalue weighted by Gasteiger charge is 2.29. The van der Waals surface area contributed by atoms with E-state index in [9.17, 15) is 9.59 Å². The fourth-order valence-corrected chi connectivity index (χ4v) is 4.07. The molecule has 0 bridgehead atoms. The first-order valence-corrected chi connectivity index (χ1v) is 11.0. The third-order valence-corrected chi connectivity index (χ3v) is 5.79. The molecule has 0 amide bonds. The van der Waals surface area contributed by atoms with Crippen LogP contribution in [0.2, 0.25) is 0 Å². The molecule has 0 atom stereocenters. The molecule has 9 heteroatoms. The van der Waals surface area contributed by atoms with Gasteiger partial charge in [0.2, 0.25) is 5.78 Å². The van der Waals surface area contributed by atoms with Crippen LogP contribution in [0.3, 0.4) is 0 Å². The number of carbonyl (C=O) groups is 2. The Morgan fingerprint density at radius 3 is 2.65 bits per heavy atom. The van der Waals surface area contributed by atoms with E-state index in [1.165, 1.54) is 17.0 Å². The standard InChI is InChI=1S/C25H23N5O4/c1-16-13-21(17(2)29(16)19-10-11-19)23(31)15-34-25(32)22(14-20-9-6-12-33-20)30-24(26-27-28-30)18-7-4-3-5-8-18/h3-9,12-14,19H,10-11,15H2,1-2H3/b22-14+. The molecule has 34 heavy (non-hydrogen) atoms. The van der Waals surface area contributed by atoms with Gasteiger partial charge in [-0.25, -0.2) is 4.79 Å². The number of tetrazole rings is 1. The van der Waals surface area contributed by atoms with Gasteiger partial charge in [0.15, 0.2) is 18.1 Å². The Balaban J connectivity index is 1.40. The first-order chi connectivity index (χ1) is 16.5. The molecule has 0 radical (unpaired) electrons. The molecule has 0 spiro atoms. The summed E-state index contributed by atoms with van der Waals surface area (Å²) in [6.07, 6.45) is 5.21. The van der Waals surface area contributed by atoms with E-state index in [1.807, 2.05) is 50.2 Å². The average molecular weight is 457 g/mol. The lowest BCUT2D eigenvalue weighted by Crippen LogP contribution is -2.19. The van der Waals surface area contributed by atoms with Gasteiger partial charge < -0.3 is 13.7 Å². The van der Waals surface area contributed by atoms with Gasteiger partial charge in [-0.05, 0) is 55.3 Å². The number of Topliss-reactive ketones (excluding diaryl/α,β-unsaturated/α-hetero) is 1. The van der Waals surface area contributed by atoms with E-state index >= 15 is 0 Å². The lowest BCUT2D eigenvalue weighted by atomic mass is 10.1. The lowest BCUT2D eigenvalue weighted by molar-refractivity contribution is -0.136. The van der Waals surface area contributed by atoms with Crippen LogP contribution in [-0.2, 0) is 9.53 Å². The molecule has 9 nitrogen and oxygen atoms in total. The topological polar surface area (TPSA) is 105 Å². The van der Waals surface area contributed by atoms with Crippen molar-refractivity contribution < 1.29 is 18.7 Å². The van der Waals surface area contributed by atoms with Gasteiger partial charge in [-0.3, -0.25) is 4.79 Å². The minimum Gasteiger partial charge on any atom is -0.465 e. The van der Waals surface area contributed by atoms with Gasteiger partial charge in [0.05, 0.1) is 6.26 Å². The molecule has 0 aliphatic heterocycles. The van der Waals surface area contributed by atoms with Crippen molar-refractivity contribution in [2.75, 3.05) is 6.61 Å². The molecule has 1 saturated carbocycles. The van der Waals surface area contributed by atoms with Crippen LogP contribution in [0.4, 0.5) is 0 Å². The highest BCUT2D eigenvalue weighted by Crippen LogP contribution is 2.38. The number of hydrogen-bond donors (Lipinski definition) is 0. The monoisotopic (exact) mass is 457 g/mol. The number of ether oxygens (including phenoxy) is 1. The third-order valence-electron chi connectivity index (χ3n) is 5.79. The molecule has 1 aliphatic rings. The maximum Gasteiger partial charge on any atom is 0.357 e. The van der Waals surface area contributed by atoms with E-state index < -0.39 is 12.6 Å². The minimum atomic E-state index is -0.745. The normalized spacial score (nSPS) is 13.8. The summed E-state index contributed by atoms with van der Waals surface area (Å²) in [6.45, 7) is 3.52. The zero-order valence-electron chi connectivity index (χ0n) is 18.8. The van der Waals surface area contributed by atoms with Gasteiger partial charge in [-0.1, -0.05) is 30.3 Å². The van der Waals surface area contributed by atoms with Crippen molar-refractivity contribution in [3.05, 3.63) is 77.5 Å². The van der Waals surface area contributed by atoms with Gasteiger partial charge in [0, 0.05) is 34.6 Å². The van der Waals surface area contributed by atoms with E-state index in [1.54, 1.807) is 12.1 Å². The summed E-state index contributed by atoms with van der Waals surface area (Å²) >= 11 is 0. The number of rotatable bonds is 8. The SMILES string of the molecule is Cc1cc(C(=O)COC(=O)/C(=C\c2ccco2)n2nnnc2-c2ccccc2)c(C)n1C1CC1. The molecule has 3 aromatic heterocycles. The average Bonchev–Trinajstić information content (AvgIpc) is 3.23. The van der Waals surface area contributed by atoms with Gasteiger partial charge in [-0.15, -0.1) is 5.10 Å². The van der Waals surface area contributed by atoms with Crippen LogP contribution < -0.4 is 0 Å². The maximum atomic E-state index is 13.2. The number of benzene rings is 1. The fourth-order valence-electron chi connectivity index (χ4n) is 4.07. The van der Waals surface area contributed by atoms with Gasteiger partial charge in [0.25, 0.3) is 0 Å². The number of ketones is 1. The highest BCUT2D eigenvalue weighted by atomic mass is 16.5. The van der Waals surface area contributed by atoms with Crippen LogP contribution in [0.25, 0.3) is 23.2 Å². The van der Waals surface area contributed by atoms with Crippen LogP contribution in [-0.4, -0.2) is 43.1 Å². The molecule has 172 valence electrons. The molecule has 3 heterocycles. The predicted octanol–water partition coefficient (Wildman–Crippen LogP) is 4.11. The van der Waals surface area contributed by atoms with Crippen LogP contribution >= 0.6 is 0 Å². The molecule has 0 N–H and O–H groups in total. The van der Waals surface area contributed by atoms with Crippen LogP contribution in [0.15, 0.2) is 59.2 Å². The summed E-state index contributed by atoms with van der Waals surface area (Å²) in [5.41, 5.74) is 3.25. The fraction of sp³-hybridized carbons (Fsp3) is 0.240.